The number of hydrazone groups is 1. The second-order valence-electron chi connectivity index (χ2n) is 8.53. The summed E-state index contributed by atoms with van der Waals surface area (Å²) in [4.78, 5) is 18.7. The van der Waals surface area contributed by atoms with Gasteiger partial charge in [-0.2, -0.15) is 20.6 Å². The summed E-state index contributed by atoms with van der Waals surface area (Å²) in [7, 11) is 0. The lowest BCUT2D eigenvalue weighted by Gasteiger charge is -2.25. The van der Waals surface area contributed by atoms with Crippen LogP contribution in [0.4, 0.5) is 5.13 Å². The quantitative estimate of drug-likeness (QED) is 0.337. The first-order valence-electron chi connectivity index (χ1n) is 11.5. The molecule has 6 nitrogen and oxygen atoms in total. The number of carbonyl (C=O) groups excluding carboxylic acids is 1. The lowest BCUT2D eigenvalue weighted by atomic mass is 9.74. The Labute approximate surface area is 213 Å². The highest BCUT2D eigenvalue weighted by molar-refractivity contribution is 7.14. The first kappa shape index (κ1) is 23.2. The molecule has 0 unspecified atom stereocenters. The predicted octanol–water partition coefficient (Wildman–Crippen LogP) is 5.93. The Hall–Kier alpha value is -4.59. The molecule has 0 bridgehead atoms. The molecule has 36 heavy (non-hydrogen) atoms. The monoisotopic (exact) mass is 487 g/mol. The average Bonchev–Trinajstić information content (AvgIpc) is 3.53. The van der Waals surface area contributed by atoms with Gasteiger partial charge in [-0.15, -0.1) is 11.3 Å². The van der Waals surface area contributed by atoms with E-state index in [4.69, 9.17) is 10.1 Å². The van der Waals surface area contributed by atoms with Crippen molar-refractivity contribution in [3.05, 3.63) is 107 Å². The van der Waals surface area contributed by atoms with Crippen molar-refractivity contribution < 1.29 is 4.79 Å². The molecule has 0 radical (unpaired) electrons. The maximum Gasteiger partial charge on any atom is 0.259 e. The summed E-state index contributed by atoms with van der Waals surface area (Å²) >= 11 is 1.33. The van der Waals surface area contributed by atoms with Crippen LogP contribution < -0.4 is 5.01 Å². The molecule has 4 aromatic rings. The number of aromatic nitrogens is 1. The van der Waals surface area contributed by atoms with E-state index in [0.717, 1.165) is 27.9 Å². The minimum Gasteiger partial charge on any atom is -0.272 e. The summed E-state index contributed by atoms with van der Waals surface area (Å²) in [6.07, 6.45) is 0. The standard InChI is InChI=1S/C29H21N5OS/c1-19-12-14-20(15-13-19)24-18-36-29(32-24)34-28(35)26(27(33-34)22-10-6-3-7-11-22)25(23(16-30)17-31)21-8-4-2-5-9-21/h2-15,18,23,25-26H,1H3/t25-,26-/m1/s1. The van der Waals surface area contributed by atoms with E-state index in [1.54, 1.807) is 0 Å². The Morgan fingerprint density at radius 1 is 0.889 bits per heavy atom. The summed E-state index contributed by atoms with van der Waals surface area (Å²) < 4.78 is 0. The number of rotatable bonds is 6. The molecule has 0 fully saturated rings. The van der Waals surface area contributed by atoms with Gasteiger partial charge in [0.05, 0.1) is 29.5 Å². The summed E-state index contributed by atoms with van der Waals surface area (Å²) in [5.41, 5.74) is 4.90. The zero-order chi connectivity index (χ0) is 25.1. The molecule has 0 spiro atoms. The maximum absolute atomic E-state index is 14.0. The maximum atomic E-state index is 14.0. The second-order valence-corrected chi connectivity index (χ2v) is 9.37. The Bertz CT molecular complexity index is 1480. The van der Waals surface area contributed by atoms with Gasteiger partial charge < -0.3 is 0 Å². The van der Waals surface area contributed by atoms with Gasteiger partial charge in [0.15, 0.2) is 0 Å². The van der Waals surface area contributed by atoms with E-state index in [0.29, 0.717) is 10.8 Å². The third-order valence-corrected chi connectivity index (χ3v) is 7.06. The zero-order valence-corrected chi connectivity index (χ0v) is 20.3. The number of nitrogens with zero attached hydrogens (tertiary/aromatic N) is 5. The van der Waals surface area contributed by atoms with Crippen LogP contribution in [0.5, 0.6) is 0 Å². The summed E-state index contributed by atoms with van der Waals surface area (Å²) in [6, 6.07) is 30.9. The highest BCUT2D eigenvalue weighted by atomic mass is 32.1. The number of aryl methyl sites for hydroxylation is 1. The smallest absolute Gasteiger partial charge is 0.259 e. The molecule has 0 N–H and O–H groups in total. The molecule has 1 aromatic heterocycles. The van der Waals surface area contributed by atoms with Crippen LogP contribution >= 0.6 is 11.3 Å². The minimum absolute atomic E-state index is 0.303. The summed E-state index contributed by atoms with van der Waals surface area (Å²) in [5, 5.41) is 28.1. The van der Waals surface area contributed by atoms with E-state index in [2.05, 4.69) is 12.1 Å². The van der Waals surface area contributed by atoms with Gasteiger partial charge in [0.1, 0.15) is 5.92 Å². The third kappa shape index (κ3) is 4.29. The van der Waals surface area contributed by atoms with E-state index in [1.807, 2.05) is 97.2 Å². The number of amides is 1. The number of nitriles is 2. The molecule has 0 saturated heterocycles. The lowest BCUT2D eigenvalue weighted by molar-refractivity contribution is -0.120. The van der Waals surface area contributed by atoms with Crippen molar-refractivity contribution in [2.24, 2.45) is 16.9 Å². The molecular formula is C29H21N5OS. The molecule has 2 heterocycles. The van der Waals surface area contributed by atoms with Crippen LogP contribution in [-0.4, -0.2) is 16.6 Å². The van der Waals surface area contributed by atoms with E-state index in [-0.39, 0.29) is 5.91 Å². The van der Waals surface area contributed by atoms with Gasteiger partial charge in [-0.3, -0.25) is 4.79 Å². The van der Waals surface area contributed by atoms with Gasteiger partial charge in [0.25, 0.3) is 5.91 Å². The van der Waals surface area contributed by atoms with Gasteiger partial charge in [-0.1, -0.05) is 90.5 Å². The van der Waals surface area contributed by atoms with Crippen LogP contribution in [0.25, 0.3) is 11.3 Å². The van der Waals surface area contributed by atoms with Gasteiger partial charge in [-0.05, 0) is 18.1 Å². The van der Waals surface area contributed by atoms with Gasteiger partial charge in [0, 0.05) is 16.9 Å². The first-order valence-corrected chi connectivity index (χ1v) is 12.3. The van der Waals surface area contributed by atoms with E-state index in [9.17, 15) is 15.3 Å². The third-order valence-electron chi connectivity index (χ3n) is 6.25. The van der Waals surface area contributed by atoms with Crippen molar-refractivity contribution in [3.63, 3.8) is 0 Å². The Morgan fingerprint density at radius 2 is 1.53 bits per heavy atom. The molecule has 174 valence electrons. The van der Waals surface area contributed by atoms with Gasteiger partial charge in [0.2, 0.25) is 5.13 Å². The van der Waals surface area contributed by atoms with Gasteiger partial charge in [-0.25, -0.2) is 4.98 Å². The van der Waals surface area contributed by atoms with Crippen LogP contribution in [0.3, 0.4) is 0 Å². The Kier molecular flexibility index (Phi) is 6.40. The predicted molar refractivity (Wildman–Crippen MR) is 140 cm³/mol. The topological polar surface area (TPSA) is 93.1 Å². The van der Waals surface area contributed by atoms with Crippen molar-refractivity contribution in [2.45, 2.75) is 12.8 Å². The highest BCUT2D eigenvalue weighted by Gasteiger charge is 2.47. The molecule has 2 atom stereocenters. The van der Waals surface area contributed by atoms with Gasteiger partial charge >= 0.3 is 0 Å². The summed E-state index contributed by atoms with van der Waals surface area (Å²) in [5.74, 6) is -2.84. The molecule has 0 aliphatic carbocycles. The number of hydrogen-bond donors (Lipinski definition) is 0. The normalized spacial score (nSPS) is 15.9. The van der Waals surface area contributed by atoms with Crippen LogP contribution in [0, 0.1) is 41.4 Å². The molecule has 3 aromatic carbocycles. The molecule has 5 rings (SSSR count). The molecule has 7 heteroatoms. The minimum atomic E-state index is -1.03. The van der Waals surface area contributed by atoms with Crippen molar-refractivity contribution >= 4 is 28.1 Å². The van der Waals surface area contributed by atoms with Crippen molar-refractivity contribution in [1.29, 1.82) is 10.5 Å². The zero-order valence-electron chi connectivity index (χ0n) is 19.4. The Balaban J connectivity index is 1.60. The fourth-order valence-electron chi connectivity index (χ4n) is 4.44. The van der Waals surface area contributed by atoms with Crippen LogP contribution in [0.15, 0.2) is 95.4 Å². The highest BCUT2D eigenvalue weighted by Crippen LogP contribution is 2.41. The van der Waals surface area contributed by atoms with Crippen LogP contribution in [-0.2, 0) is 4.79 Å². The summed E-state index contributed by atoms with van der Waals surface area (Å²) in [6.45, 7) is 2.03. The number of anilines is 1. The number of hydrogen-bond acceptors (Lipinski definition) is 6. The molecule has 0 saturated carbocycles. The average molecular weight is 488 g/mol. The SMILES string of the molecule is Cc1ccc(-c2csc(N3N=C(c4ccccc4)[C@@H]([C@H](c4ccccc4)C(C#N)C#N)C3=O)n2)cc1. The fraction of sp³-hybridized carbons (Fsp3) is 0.138. The van der Waals surface area contributed by atoms with E-state index >= 15 is 0 Å². The first-order chi connectivity index (χ1) is 17.6. The van der Waals surface area contributed by atoms with E-state index in [1.165, 1.54) is 16.3 Å². The number of benzene rings is 3. The van der Waals surface area contributed by atoms with Crippen molar-refractivity contribution in [2.75, 3.05) is 5.01 Å². The number of carbonyl (C=O) groups is 1. The van der Waals surface area contributed by atoms with Crippen LogP contribution in [0.1, 0.15) is 22.6 Å². The molecule has 1 aliphatic heterocycles. The van der Waals surface area contributed by atoms with Crippen molar-refractivity contribution in [3.8, 4) is 23.4 Å². The number of thiazole rings is 1. The molecular weight excluding hydrogens is 466 g/mol. The van der Waals surface area contributed by atoms with E-state index < -0.39 is 17.8 Å². The van der Waals surface area contributed by atoms with Crippen molar-refractivity contribution in [1.82, 2.24) is 4.98 Å². The molecule has 1 aliphatic rings. The Morgan fingerprint density at radius 3 is 2.17 bits per heavy atom. The lowest BCUT2D eigenvalue weighted by Crippen LogP contribution is -2.35. The fourth-order valence-corrected chi connectivity index (χ4v) is 5.22. The molecule has 1 amide bonds. The van der Waals surface area contributed by atoms with Crippen LogP contribution in [0.2, 0.25) is 0 Å². The second kappa shape index (κ2) is 9.95. The largest absolute Gasteiger partial charge is 0.272 e.